The van der Waals surface area contributed by atoms with Crippen LogP contribution in [-0.4, -0.2) is 32.3 Å². The second-order valence-corrected chi connectivity index (χ2v) is 4.64. The molecule has 0 aliphatic heterocycles. The topological polar surface area (TPSA) is 81.9 Å². The first-order valence-corrected chi connectivity index (χ1v) is 6.86. The number of nitrogens with zero attached hydrogens (tertiary/aromatic N) is 4. The van der Waals surface area contributed by atoms with Gasteiger partial charge in [0, 0.05) is 25.1 Å². The molecule has 2 heterocycles. The average molecular weight is 297 g/mol. The van der Waals surface area contributed by atoms with Gasteiger partial charge in [-0.3, -0.25) is 14.5 Å². The van der Waals surface area contributed by atoms with Crippen molar-refractivity contribution in [1.82, 2.24) is 19.7 Å². The van der Waals surface area contributed by atoms with Crippen molar-refractivity contribution in [2.45, 2.75) is 6.92 Å². The summed E-state index contributed by atoms with van der Waals surface area (Å²) in [6.45, 7) is 2.43. The van der Waals surface area contributed by atoms with E-state index in [2.05, 4.69) is 20.4 Å². The Labute approximate surface area is 127 Å². The van der Waals surface area contributed by atoms with E-state index >= 15 is 0 Å². The fourth-order valence-corrected chi connectivity index (χ4v) is 2.17. The molecule has 3 aromatic rings. The Hall–Kier alpha value is -2.96. The van der Waals surface area contributed by atoms with Gasteiger partial charge in [-0.2, -0.15) is 0 Å². The van der Waals surface area contributed by atoms with Crippen molar-refractivity contribution in [2.75, 3.05) is 11.9 Å². The number of hydrogen-bond acceptors (Lipinski definition) is 5. The van der Waals surface area contributed by atoms with Crippen LogP contribution in [0.5, 0.6) is 5.88 Å². The maximum absolute atomic E-state index is 12.1. The van der Waals surface area contributed by atoms with E-state index in [9.17, 15) is 4.79 Å². The van der Waals surface area contributed by atoms with Crippen molar-refractivity contribution in [1.29, 1.82) is 0 Å². The molecule has 0 saturated carbocycles. The van der Waals surface area contributed by atoms with Crippen molar-refractivity contribution >= 4 is 22.5 Å². The predicted molar refractivity (Wildman–Crippen MR) is 81.9 cm³/mol. The van der Waals surface area contributed by atoms with Gasteiger partial charge in [-0.25, -0.2) is 4.98 Å². The second-order valence-electron chi connectivity index (χ2n) is 4.64. The lowest BCUT2D eigenvalue weighted by atomic mass is 10.2. The Morgan fingerprint density at radius 2 is 2.23 bits per heavy atom. The molecule has 0 aliphatic carbocycles. The average Bonchev–Trinajstić information content (AvgIpc) is 2.84. The highest BCUT2D eigenvalue weighted by molar-refractivity contribution is 6.03. The number of amides is 1. The van der Waals surface area contributed by atoms with Gasteiger partial charge in [0.15, 0.2) is 0 Å². The molecule has 7 heteroatoms. The minimum atomic E-state index is -0.311. The van der Waals surface area contributed by atoms with Crippen molar-refractivity contribution < 1.29 is 9.53 Å². The molecule has 0 bridgehead atoms. The van der Waals surface area contributed by atoms with Crippen molar-refractivity contribution in [3.05, 3.63) is 42.5 Å². The Bertz CT molecular complexity index is 813. The summed E-state index contributed by atoms with van der Waals surface area (Å²) in [4.78, 5) is 20.0. The summed E-state index contributed by atoms with van der Waals surface area (Å²) in [5.41, 5.74) is 1.84. The number of aryl methyl sites for hydroxylation is 1. The largest absolute Gasteiger partial charge is 0.476 e. The van der Waals surface area contributed by atoms with E-state index in [1.807, 2.05) is 32.2 Å². The molecule has 0 unspecified atom stereocenters. The van der Waals surface area contributed by atoms with E-state index in [1.165, 1.54) is 18.6 Å². The number of nitrogens with one attached hydrogen (secondary N) is 1. The van der Waals surface area contributed by atoms with Crippen LogP contribution in [0.3, 0.4) is 0 Å². The summed E-state index contributed by atoms with van der Waals surface area (Å²) < 4.78 is 7.26. The number of hydrogen-bond donors (Lipinski definition) is 1. The zero-order chi connectivity index (χ0) is 15.5. The SMILES string of the molecule is CCOc1nn(C)c2ccc(NC(=O)c3cnccn3)cc12. The van der Waals surface area contributed by atoms with Crippen molar-refractivity contribution in [3.63, 3.8) is 0 Å². The predicted octanol–water partition coefficient (Wildman–Crippen LogP) is 2.01. The summed E-state index contributed by atoms with van der Waals surface area (Å²) in [7, 11) is 1.85. The Morgan fingerprint density at radius 3 is 2.95 bits per heavy atom. The third-order valence-electron chi connectivity index (χ3n) is 3.15. The molecule has 1 N–H and O–H groups in total. The van der Waals surface area contributed by atoms with Crippen LogP contribution < -0.4 is 10.1 Å². The molecule has 0 radical (unpaired) electrons. The fourth-order valence-electron chi connectivity index (χ4n) is 2.17. The highest BCUT2D eigenvalue weighted by Crippen LogP contribution is 2.27. The third kappa shape index (κ3) is 2.60. The van der Waals surface area contributed by atoms with E-state index in [-0.39, 0.29) is 11.6 Å². The zero-order valence-electron chi connectivity index (χ0n) is 12.3. The summed E-state index contributed by atoms with van der Waals surface area (Å²) in [5.74, 6) is 0.241. The Kier molecular flexibility index (Phi) is 3.69. The molecule has 7 nitrogen and oxygen atoms in total. The first kappa shape index (κ1) is 14.0. The van der Waals surface area contributed by atoms with E-state index in [0.717, 1.165) is 10.9 Å². The van der Waals surface area contributed by atoms with Gasteiger partial charge < -0.3 is 10.1 Å². The summed E-state index contributed by atoms with van der Waals surface area (Å²) in [6.07, 6.45) is 4.42. The highest BCUT2D eigenvalue weighted by atomic mass is 16.5. The van der Waals surface area contributed by atoms with Crippen LogP contribution >= 0.6 is 0 Å². The molecule has 1 aromatic carbocycles. The van der Waals surface area contributed by atoms with Gasteiger partial charge in [0.1, 0.15) is 5.69 Å². The number of benzene rings is 1. The van der Waals surface area contributed by atoms with Gasteiger partial charge in [0.05, 0.1) is 23.7 Å². The Balaban J connectivity index is 1.91. The summed E-state index contributed by atoms with van der Waals surface area (Å²) >= 11 is 0. The minimum absolute atomic E-state index is 0.263. The lowest BCUT2D eigenvalue weighted by Gasteiger charge is -2.05. The second kappa shape index (κ2) is 5.80. The van der Waals surface area contributed by atoms with Crippen molar-refractivity contribution in [2.24, 2.45) is 7.05 Å². The zero-order valence-corrected chi connectivity index (χ0v) is 12.3. The van der Waals surface area contributed by atoms with E-state index in [4.69, 9.17) is 4.74 Å². The lowest BCUT2D eigenvalue weighted by molar-refractivity contribution is 0.102. The number of carbonyl (C=O) groups is 1. The summed E-state index contributed by atoms with van der Waals surface area (Å²) in [6, 6.07) is 5.53. The van der Waals surface area contributed by atoms with Crippen LogP contribution in [0.15, 0.2) is 36.8 Å². The fraction of sp³-hybridized carbons (Fsp3) is 0.200. The first-order chi connectivity index (χ1) is 10.7. The number of rotatable bonds is 4. The standard InChI is InChI=1S/C15H15N5O2/c1-3-22-15-11-8-10(4-5-13(11)20(2)19-15)18-14(21)12-9-16-6-7-17-12/h4-9H,3H2,1-2H3,(H,18,21). The van der Waals surface area contributed by atoms with E-state index in [1.54, 1.807) is 4.68 Å². The van der Waals surface area contributed by atoms with Gasteiger partial charge in [0.2, 0.25) is 5.88 Å². The minimum Gasteiger partial charge on any atom is -0.476 e. The lowest BCUT2D eigenvalue weighted by Crippen LogP contribution is -2.13. The van der Waals surface area contributed by atoms with E-state index in [0.29, 0.717) is 18.2 Å². The monoisotopic (exact) mass is 297 g/mol. The number of anilines is 1. The number of carbonyl (C=O) groups excluding carboxylic acids is 1. The summed E-state index contributed by atoms with van der Waals surface area (Å²) in [5, 5.41) is 7.96. The molecule has 0 fully saturated rings. The van der Waals surface area contributed by atoms with Gasteiger partial charge >= 0.3 is 0 Å². The number of ether oxygens (including phenoxy) is 1. The quantitative estimate of drug-likeness (QED) is 0.796. The molecule has 0 atom stereocenters. The van der Waals surface area contributed by atoms with Gasteiger partial charge in [0.25, 0.3) is 5.91 Å². The molecule has 1 amide bonds. The van der Waals surface area contributed by atoms with Crippen LogP contribution in [0, 0.1) is 0 Å². The van der Waals surface area contributed by atoms with Crippen LogP contribution in [0.1, 0.15) is 17.4 Å². The van der Waals surface area contributed by atoms with Crippen LogP contribution in [-0.2, 0) is 7.05 Å². The van der Waals surface area contributed by atoms with Gasteiger partial charge in [-0.1, -0.05) is 0 Å². The van der Waals surface area contributed by atoms with Crippen molar-refractivity contribution in [3.8, 4) is 5.88 Å². The molecule has 22 heavy (non-hydrogen) atoms. The molecular weight excluding hydrogens is 282 g/mol. The maximum atomic E-state index is 12.1. The molecular formula is C15H15N5O2. The molecule has 0 aliphatic rings. The van der Waals surface area contributed by atoms with Crippen LogP contribution in [0.25, 0.3) is 10.9 Å². The smallest absolute Gasteiger partial charge is 0.275 e. The highest BCUT2D eigenvalue weighted by Gasteiger charge is 2.12. The molecule has 112 valence electrons. The van der Waals surface area contributed by atoms with Gasteiger partial charge in [-0.15, -0.1) is 5.10 Å². The Morgan fingerprint density at radius 1 is 1.36 bits per heavy atom. The maximum Gasteiger partial charge on any atom is 0.275 e. The number of fused-ring (bicyclic) bond motifs is 1. The molecule has 3 rings (SSSR count). The normalized spacial score (nSPS) is 10.6. The molecule has 2 aromatic heterocycles. The van der Waals surface area contributed by atoms with Gasteiger partial charge in [-0.05, 0) is 25.1 Å². The number of aromatic nitrogens is 4. The first-order valence-electron chi connectivity index (χ1n) is 6.86. The van der Waals surface area contributed by atoms with Crippen LogP contribution in [0.2, 0.25) is 0 Å². The molecule has 0 spiro atoms. The van der Waals surface area contributed by atoms with Crippen LogP contribution in [0.4, 0.5) is 5.69 Å². The molecule has 0 saturated heterocycles. The van der Waals surface area contributed by atoms with E-state index < -0.39 is 0 Å². The third-order valence-corrected chi connectivity index (χ3v) is 3.15.